The van der Waals surface area contributed by atoms with Crippen LogP contribution >= 0.6 is 0 Å². The van der Waals surface area contributed by atoms with Crippen molar-refractivity contribution in [3.8, 4) is 0 Å². The van der Waals surface area contributed by atoms with E-state index < -0.39 is 0 Å². The first-order chi connectivity index (χ1) is 8.79. The second kappa shape index (κ2) is 5.78. The number of hydrogen-bond donors (Lipinski definition) is 3. The molecule has 1 amide bonds. The molecule has 0 saturated carbocycles. The van der Waals surface area contributed by atoms with E-state index in [-0.39, 0.29) is 5.91 Å². The van der Waals surface area contributed by atoms with E-state index >= 15 is 0 Å². The van der Waals surface area contributed by atoms with Gasteiger partial charge in [-0.1, -0.05) is 6.07 Å². The van der Waals surface area contributed by atoms with Crippen molar-refractivity contribution in [2.75, 3.05) is 12.0 Å². The van der Waals surface area contributed by atoms with Crippen LogP contribution < -0.4 is 16.6 Å². The number of imidazole rings is 1. The van der Waals surface area contributed by atoms with Crippen molar-refractivity contribution >= 4 is 11.7 Å². The summed E-state index contributed by atoms with van der Waals surface area (Å²) in [4.78, 5) is 19.7. The second-order valence-electron chi connectivity index (χ2n) is 3.61. The molecule has 2 heterocycles. The van der Waals surface area contributed by atoms with Crippen molar-refractivity contribution in [1.82, 2.24) is 19.9 Å². The summed E-state index contributed by atoms with van der Waals surface area (Å²) in [5.41, 5.74) is 2.73. The van der Waals surface area contributed by atoms with Crippen LogP contribution in [0.4, 0.5) is 5.82 Å². The van der Waals surface area contributed by atoms with Gasteiger partial charge in [0.05, 0.1) is 6.33 Å². The molecule has 4 N–H and O–H groups in total. The molecule has 0 atom stereocenters. The van der Waals surface area contributed by atoms with Crippen molar-refractivity contribution in [3.63, 3.8) is 0 Å². The molecule has 7 nitrogen and oxygen atoms in total. The molecular weight excluding hydrogens is 232 g/mol. The molecule has 0 bridgehead atoms. The van der Waals surface area contributed by atoms with Crippen LogP contribution in [0.15, 0.2) is 36.9 Å². The summed E-state index contributed by atoms with van der Waals surface area (Å²) < 4.78 is 1.88. The maximum atomic E-state index is 11.8. The minimum Gasteiger partial charge on any atom is -0.349 e. The molecule has 0 radical (unpaired) electrons. The molecule has 0 saturated heterocycles. The molecule has 0 aliphatic carbocycles. The molecule has 0 aliphatic heterocycles. The summed E-state index contributed by atoms with van der Waals surface area (Å²) in [5.74, 6) is 5.46. The number of nitrogens with one attached hydrogen (secondary N) is 2. The average molecular weight is 246 g/mol. The van der Waals surface area contributed by atoms with Gasteiger partial charge in [0, 0.05) is 25.5 Å². The van der Waals surface area contributed by atoms with Crippen LogP contribution in [-0.2, 0) is 6.54 Å². The molecule has 0 aliphatic rings. The predicted molar refractivity (Wildman–Crippen MR) is 66.6 cm³/mol. The highest BCUT2D eigenvalue weighted by molar-refractivity contribution is 5.92. The number of anilines is 1. The first-order valence-corrected chi connectivity index (χ1v) is 5.47. The van der Waals surface area contributed by atoms with E-state index in [0.717, 1.165) is 0 Å². The van der Waals surface area contributed by atoms with Gasteiger partial charge >= 0.3 is 0 Å². The van der Waals surface area contributed by atoms with Gasteiger partial charge in [-0.2, -0.15) is 0 Å². The fourth-order valence-corrected chi connectivity index (χ4v) is 1.45. The number of rotatable bonds is 5. The van der Waals surface area contributed by atoms with Crippen LogP contribution in [0, 0.1) is 0 Å². The summed E-state index contributed by atoms with van der Waals surface area (Å²) in [6.07, 6.45) is 5.23. The third-order valence-electron chi connectivity index (χ3n) is 2.34. The Morgan fingerprint density at radius 3 is 3.06 bits per heavy atom. The van der Waals surface area contributed by atoms with E-state index in [9.17, 15) is 4.79 Å². The molecule has 0 spiro atoms. The summed E-state index contributed by atoms with van der Waals surface area (Å²) in [5, 5.41) is 2.77. The number of nitrogen functional groups attached to an aromatic ring is 1. The molecule has 2 aromatic rings. The van der Waals surface area contributed by atoms with Crippen LogP contribution in [0.5, 0.6) is 0 Å². The Morgan fingerprint density at radius 1 is 1.44 bits per heavy atom. The Hall–Kier alpha value is -2.41. The molecule has 18 heavy (non-hydrogen) atoms. The van der Waals surface area contributed by atoms with E-state index in [1.54, 1.807) is 30.7 Å². The zero-order valence-corrected chi connectivity index (χ0v) is 9.71. The number of pyridine rings is 1. The Kier molecular flexibility index (Phi) is 3.87. The summed E-state index contributed by atoms with van der Waals surface area (Å²) >= 11 is 0. The van der Waals surface area contributed by atoms with Crippen LogP contribution in [0.25, 0.3) is 0 Å². The maximum Gasteiger partial charge on any atom is 0.270 e. The van der Waals surface area contributed by atoms with Crippen LogP contribution in [0.1, 0.15) is 10.5 Å². The van der Waals surface area contributed by atoms with E-state index in [1.807, 2.05) is 10.8 Å². The molecular formula is C11H14N6O. The Balaban J connectivity index is 1.87. The number of hydrogen-bond acceptors (Lipinski definition) is 5. The summed E-state index contributed by atoms with van der Waals surface area (Å²) in [6, 6.07) is 5.03. The zero-order chi connectivity index (χ0) is 12.8. The standard InChI is InChI=1S/C11H14N6O/c12-16-10-3-1-2-9(15-10)11(18)14-5-7-17-6-4-13-8-17/h1-4,6,8H,5,7,12H2,(H,14,18)(H,15,16). The van der Waals surface area contributed by atoms with Gasteiger partial charge in [-0.25, -0.2) is 15.8 Å². The van der Waals surface area contributed by atoms with Gasteiger partial charge in [0.1, 0.15) is 11.5 Å². The lowest BCUT2D eigenvalue weighted by atomic mass is 10.3. The fraction of sp³-hybridized carbons (Fsp3) is 0.182. The van der Waals surface area contributed by atoms with Crippen LogP contribution in [0.3, 0.4) is 0 Å². The Labute approximate surface area is 104 Å². The highest BCUT2D eigenvalue weighted by Gasteiger charge is 2.06. The average Bonchev–Trinajstić information content (AvgIpc) is 2.92. The fourth-order valence-electron chi connectivity index (χ4n) is 1.45. The van der Waals surface area contributed by atoms with Crippen LogP contribution in [0.2, 0.25) is 0 Å². The number of hydrazine groups is 1. The normalized spacial score (nSPS) is 10.1. The minimum atomic E-state index is -0.229. The van der Waals surface area contributed by atoms with Crippen LogP contribution in [-0.4, -0.2) is 27.0 Å². The Morgan fingerprint density at radius 2 is 2.33 bits per heavy atom. The quantitative estimate of drug-likeness (QED) is 0.509. The third-order valence-corrected chi connectivity index (χ3v) is 2.34. The third kappa shape index (κ3) is 3.05. The van der Waals surface area contributed by atoms with Crippen molar-refractivity contribution in [1.29, 1.82) is 0 Å². The SMILES string of the molecule is NNc1cccc(C(=O)NCCn2ccnc2)n1. The highest BCUT2D eigenvalue weighted by Crippen LogP contribution is 2.02. The lowest BCUT2D eigenvalue weighted by Gasteiger charge is -2.06. The monoisotopic (exact) mass is 246 g/mol. The molecule has 2 aromatic heterocycles. The lowest BCUT2D eigenvalue weighted by molar-refractivity contribution is 0.0947. The van der Waals surface area contributed by atoms with Gasteiger partial charge in [0.15, 0.2) is 0 Å². The largest absolute Gasteiger partial charge is 0.349 e. The lowest BCUT2D eigenvalue weighted by Crippen LogP contribution is -2.28. The number of amides is 1. The number of nitrogens with two attached hydrogens (primary N) is 1. The smallest absolute Gasteiger partial charge is 0.270 e. The van der Waals surface area contributed by atoms with Gasteiger partial charge < -0.3 is 15.3 Å². The first kappa shape index (κ1) is 12.1. The second-order valence-corrected chi connectivity index (χ2v) is 3.61. The van der Waals surface area contributed by atoms with Crippen molar-refractivity contribution in [2.24, 2.45) is 5.84 Å². The molecule has 7 heteroatoms. The first-order valence-electron chi connectivity index (χ1n) is 5.47. The van der Waals surface area contributed by atoms with Gasteiger partial charge in [-0.3, -0.25) is 4.79 Å². The molecule has 0 unspecified atom stereocenters. The molecule has 2 rings (SSSR count). The van der Waals surface area contributed by atoms with E-state index in [2.05, 4.69) is 20.7 Å². The molecule has 94 valence electrons. The highest BCUT2D eigenvalue weighted by atomic mass is 16.1. The Bertz CT molecular complexity index is 510. The van der Waals surface area contributed by atoms with Crippen molar-refractivity contribution < 1.29 is 4.79 Å². The number of nitrogens with zero attached hydrogens (tertiary/aromatic N) is 3. The zero-order valence-electron chi connectivity index (χ0n) is 9.71. The van der Waals surface area contributed by atoms with Gasteiger partial charge in [0.2, 0.25) is 0 Å². The number of aromatic nitrogens is 3. The molecule has 0 aromatic carbocycles. The summed E-state index contributed by atoms with van der Waals surface area (Å²) in [7, 11) is 0. The predicted octanol–water partition coefficient (Wildman–Crippen LogP) is -0.00630. The minimum absolute atomic E-state index is 0.229. The van der Waals surface area contributed by atoms with E-state index in [1.165, 1.54) is 0 Å². The van der Waals surface area contributed by atoms with Gasteiger partial charge in [0.25, 0.3) is 5.91 Å². The van der Waals surface area contributed by atoms with Crippen molar-refractivity contribution in [3.05, 3.63) is 42.6 Å². The maximum absolute atomic E-state index is 11.8. The number of carbonyl (C=O) groups excluding carboxylic acids is 1. The molecule has 0 fully saturated rings. The topological polar surface area (TPSA) is 97.9 Å². The van der Waals surface area contributed by atoms with Gasteiger partial charge in [-0.05, 0) is 12.1 Å². The number of carbonyl (C=O) groups is 1. The van der Waals surface area contributed by atoms with E-state index in [4.69, 9.17) is 5.84 Å². The summed E-state index contributed by atoms with van der Waals surface area (Å²) in [6.45, 7) is 1.18. The van der Waals surface area contributed by atoms with Gasteiger partial charge in [-0.15, -0.1) is 0 Å². The van der Waals surface area contributed by atoms with Crippen molar-refractivity contribution in [2.45, 2.75) is 6.54 Å². The van der Waals surface area contributed by atoms with E-state index in [0.29, 0.717) is 24.6 Å².